The van der Waals surface area contributed by atoms with Gasteiger partial charge in [-0.25, -0.2) is 0 Å². The molecule has 0 aliphatic rings. The van der Waals surface area contributed by atoms with Gasteiger partial charge in [-0.05, 0) is 12.8 Å². The molecule has 0 aromatic rings. The smallest absolute Gasteiger partial charge is 0.550 e. The summed E-state index contributed by atoms with van der Waals surface area (Å²) in [4.78, 5) is 23.5. The number of aliphatic carboxylic acids is 2. The van der Waals surface area contributed by atoms with Crippen LogP contribution in [0.5, 0.6) is 0 Å². The summed E-state index contributed by atoms with van der Waals surface area (Å²) in [6.45, 7) is 4.11. The minimum atomic E-state index is -5.20. The normalized spacial score (nSPS) is 14.1. The molecule has 0 saturated carbocycles. The number of carboxylic acids is 2. The number of carbonyl (C=O) groups is 2. The van der Waals surface area contributed by atoms with Crippen LogP contribution in [0.2, 0.25) is 0 Å². The third-order valence-corrected chi connectivity index (χ3v) is 6.98. The second-order valence-electron chi connectivity index (χ2n) is 7.60. The molecule has 0 amide bonds. The SMILES string of the molecule is CCCCCCCCC(C(=O)[O-])C(CCCCCCCC)(C(=O)[O-])S(=O)(=O)O.[K+].[K+]. The fourth-order valence-corrected chi connectivity index (χ4v) is 4.86. The molecule has 0 radical (unpaired) electrons. The zero-order chi connectivity index (χ0) is 21.6. The Morgan fingerprint density at radius 2 is 1.20 bits per heavy atom. The van der Waals surface area contributed by atoms with E-state index in [1.54, 1.807) is 0 Å². The average molecular weight is 499 g/mol. The molecular formula is C20H36K2O7S. The molecule has 1 N–H and O–H groups in total. The number of hydrogen-bond donors (Lipinski definition) is 1. The van der Waals surface area contributed by atoms with Gasteiger partial charge >= 0.3 is 103 Å². The van der Waals surface area contributed by atoms with Crippen molar-refractivity contribution in [3.05, 3.63) is 0 Å². The summed E-state index contributed by atoms with van der Waals surface area (Å²) in [5, 5.41) is 23.5. The average Bonchev–Trinajstić information content (AvgIpc) is 2.60. The molecule has 0 spiro atoms. The molecule has 0 rings (SSSR count). The number of carboxylic acid groups (broad SMARTS) is 2. The summed E-state index contributed by atoms with van der Waals surface area (Å²) in [5.74, 6) is -5.68. The van der Waals surface area contributed by atoms with Crippen molar-refractivity contribution in [2.45, 2.75) is 108 Å². The van der Waals surface area contributed by atoms with E-state index in [0.717, 1.165) is 51.4 Å². The van der Waals surface area contributed by atoms with E-state index in [9.17, 15) is 32.8 Å². The molecule has 0 fully saturated rings. The Kier molecular flexibility index (Phi) is 25.1. The van der Waals surface area contributed by atoms with Gasteiger partial charge in [-0.3, -0.25) is 4.55 Å². The zero-order valence-electron chi connectivity index (χ0n) is 19.3. The Morgan fingerprint density at radius 3 is 1.57 bits per heavy atom. The predicted molar refractivity (Wildman–Crippen MR) is 104 cm³/mol. The Morgan fingerprint density at radius 1 is 0.800 bits per heavy atom. The van der Waals surface area contributed by atoms with Gasteiger partial charge in [0.05, 0.1) is 5.97 Å². The van der Waals surface area contributed by atoms with Crippen molar-refractivity contribution in [1.29, 1.82) is 0 Å². The summed E-state index contributed by atoms with van der Waals surface area (Å²) in [6.07, 6.45) is 8.78. The molecule has 0 aliphatic carbocycles. The van der Waals surface area contributed by atoms with E-state index in [-0.39, 0.29) is 116 Å². The molecule has 166 valence electrons. The molecule has 2 unspecified atom stereocenters. The van der Waals surface area contributed by atoms with E-state index < -0.39 is 39.1 Å². The van der Waals surface area contributed by atoms with Crippen molar-refractivity contribution in [3.8, 4) is 0 Å². The van der Waals surface area contributed by atoms with Crippen molar-refractivity contribution >= 4 is 22.1 Å². The van der Waals surface area contributed by atoms with Crippen molar-refractivity contribution in [2.75, 3.05) is 0 Å². The topological polar surface area (TPSA) is 135 Å². The monoisotopic (exact) mass is 498 g/mol. The van der Waals surface area contributed by atoms with Gasteiger partial charge in [0.15, 0.2) is 0 Å². The van der Waals surface area contributed by atoms with Gasteiger partial charge in [0.1, 0.15) is 4.75 Å². The van der Waals surface area contributed by atoms with E-state index in [1.807, 2.05) is 6.92 Å². The first-order valence-electron chi connectivity index (χ1n) is 10.5. The van der Waals surface area contributed by atoms with Crippen LogP contribution < -0.4 is 113 Å². The van der Waals surface area contributed by atoms with Crippen LogP contribution in [0.1, 0.15) is 104 Å². The fourth-order valence-electron chi connectivity index (χ4n) is 3.67. The Hall–Kier alpha value is 2.12. The number of unbranched alkanes of at least 4 members (excludes halogenated alkanes) is 10. The maximum Gasteiger partial charge on any atom is 1.00 e. The van der Waals surface area contributed by atoms with E-state index in [2.05, 4.69) is 6.92 Å². The molecular weight excluding hydrogens is 462 g/mol. The van der Waals surface area contributed by atoms with Crippen LogP contribution in [0.15, 0.2) is 0 Å². The standard InChI is InChI=1S/C20H38O7S.2K/c1-3-5-7-9-11-13-15-17(18(21)22)20(19(23)24,28(25,26)27)16-14-12-10-8-6-4-2;;/h17H,3-16H2,1-2H3,(H,21,22)(H,23,24)(H,25,26,27);;/q;2*+1/p-2. The Balaban J connectivity index is -0.00000364. The Bertz CT molecular complexity index is 570. The van der Waals surface area contributed by atoms with Gasteiger partial charge in [0.2, 0.25) is 0 Å². The van der Waals surface area contributed by atoms with Gasteiger partial charge < -0.3 is 19.8 Å². The second kappa shape index (κ2) is 20.5. The second-order valence-corrected chi connectivity index (χ2v) is 9.28. The van der Waals surface area contributed by atoms with Crippen LogP contribution in [0.25, 0.3) is 0 Å². The van der Waals surface area contributed by atoms with E-state index in [0.29, 0.717) is 19.3 Å². The van der Waals surface area contributed by atoms with Crippen LogP contribution in [-0.2, 0) is 19.7 Å². The first-order valence-corrected chi connectivity index (χ1v) is 12.0. The number of hydrogen-bond acceptors (Lipinski definition) is 6. The third kappa shape index (κ3) is 13.1. The molecule has 7 nitrogen and oxygen atoms in total. The van der Waals surface area contributed by atoms with Crippen LogP contribution in [-0.4, -0.2) is 29.7 Å². The first-order chi connectivity index (χ1) is 13.1. The molecule has 2 atom stereocenters. The maximum atomic E-state index is 12.0. The van der Waals surface area contributed by atoms with Crippen LogP contribution in [0.4, 0.5) is 0 Å². The quantitative estimate of drug-likeness (QED) is 0.116. The predicted octanol–water partition coefficient (Wildman–Crippen LogP) is -3.76. The van der Waals surface area contributed by atoms with E-state index >= 15 is 0 Å². The molecule has 10 heteroatoms. The van der Waals surface area contributed by atoms with E-state index in [1.165, 1.54) is 0 Å². The fraction of sp³-hybridized carbons (Fsp3) is 0.900. The summed E-state index contributed by atoms with van der Waals surface area (Å²) in [7, 11) is -5.20. The van der Waals surface area contributed by atoms with Crippen LogP contribution in [0.3, 0.4) is 0 Å². The maximum absolute atomic E-state index is 12.0. The number of carbonyl (C=O) groups excluding carboxylic acids is 2. The molecule has 30 heavy (non-hydrogen) atoms. The van der Waals surface area contributed by atoms with Crippen molar-refractivity contribution in [3.63, 3.8) is 0 Å². The summed E-state index contributed by atoms with van der Waals surface area (Å²) in [6, 6.07) is 0. The zero-order valence-corrected chi connectivity index (χ0v) is 26.3. The van der Waals surface area contributed by atoms with Crippen LogP contribution >= 0.6 is 0 Å². The molecule has 0 aromatic carbocycles. The molecule has 0 saturated heterocycles. The molecule has 0 bridgehead atoms. The van der Waals surface area contributed by atoms with Crippen molar-refractivity contribution in [2.24, 2.45) is 5.92 Å². The molecule has 0 aromatic heterocycles. The third-order valence-electron chi connectivity index (χ3n) is 5.40. The first kappa shape index (κ1) is 36.7. The molecule has 0 aliphatic heterocycles. The minimum absolute atomic E-state index is 0. The summed E-state index contributed by atoms with van der Waals surface area (Å²) in [5.41, 5.74) is 0. The van der Waals surface area contributed by atoms with Gasteiger partial charge in [-0.15, -0.1) is 0 Å². The summed E-state index contributed by atoms with van der Waals surface area (Å²) < 4.78 is 30.9. The Labute approximate surface area is 267 Å². The van der Waals surface area contributed by atoms with Crippen LogP contribution in [0, 0.1) is 5.92 Å². The minimum Gasteiger partial charge on any atom is -0.550 e. The van der Waals surface area contributed by atoms with Crippen molar-refractivity contribution < 1.29 is 136 Å². The molecule has 0 heterocycles. The summed E-state index contributed by atoms with van der Waals surface area (Å²) >= 11 is 0. The number of rotatable bonds is 18. The van der Waals surface area contributed by atoms with Gasteiger partial charge in [0, 0.05) is 11.9 Å². The van der Waals surface area contributed by atoms with Gasteiger partial charge in [0.25, 0.3) is 10.1 Å². The van der Waals surface area contributed by atoms with Crippen molar-refractivity contribution in [1.82, 2.24) is 0 Å². The largest absolute Gasteiger partial charge is 1.00 e. The van der Waals surface area contributed by atoms with Gasteiger partial charge in [-0.2, -0.15) is 8.42 Å². The van der Waals surface area contributed by atoms with Gasteiger partial charge in [-0.1, -0.05) is 90.9 Å². The van der Waals surface area contributed by atoms with E-state index in [4.69, 9.17) is 0 Å².